The molecule has 0 radical (unpaired) electrons. The summed E-state index contributed by atoms with van der Waals surface area (Å²) in [5.74, 6) is 0.803. The Hall–Kier alpha value is -1.57. The Morgan fingerprint density at radius 1 is 1.38 bits per heavy atom. The molecule has 1 aromatic carbocycles. The minimum absolute atomic E-state index is 0.0257. The zero-order chi connectivity index (χ0) is 16.8. The first kappa shape index (κ1) is 15.9. The van der Waals surface area contributed by atoms with E-state index < -0.39 is 0 Å². The van der Waals surface area contributed by atoms with Gasteiger partial charge in [-0.05, 0) is 39.2 Å². The second kappa shape index (κ2) is 6.06. The van der Waals surface area contributed by atoms with E-state index in [0.717, 1.165) is 45.9 Å². The number of halogens is 1. The van der Waals surface area contributed by atoms with Crippen molar-refractivity contribution in [1.29, 1.82) is 0 Å². The molecule has 0 fully saturated rings. The molecule has 1 amide bonds. The highest BCUT2D eigenvalue weighted by atomic mass is 79.9. The van der Waals surface area contributed by atoms with Gasteiger partial charge in [0.05, 0.1) is 35.6 Å². The molecule has 2 aliphatic rings. The summed E-state index contributed by atoms with van der Waals surface area (Å²) in [6.45, 7) is 2.08. The molecule has 126 valence electrons. The lowest BCUT2D eigenvalue weighted by molar-refractivity contribution is -0.895. The maximum atomic E-state index is 12.7. The summed E-state index contributed by atoms with van der Waals surface area (Å²) in [4.78, 5) is 15.5. The number of ether oxygens (including phenoxy) is 1. The van der Waals surface area contributed by atoms with Gasteiger partial charge in [0.1, 0.15) is 23.5 Å². The molecule has 0 saturated carbocycles. The highest BCUT2D eigenvalue weighted by Crippen LogP contribution is 2.39. The highest BCUT2D eigenvalue weighted by Gasteiger charge is 2.33. The van der Waals surface area contributed by atoms with Crippen molar-refractivity contribution in [2.24, 2.45) is 0 Å². The Morgan fingerprint density at radius 3 is 2.96 bits per heavy atom. The van der Waals surface area contributed by atoms with Crippen LogP contribution in [-0.2, 0) is 13.0 Å². The van der Waals surface area contributed by atoms with Gasteiger partial charge in [0, 0.05) is 6.42 Å². The van der Waals surface area contributed by atoms with Crippen molar-refractivity contribution in [3.8, 4) is 5.75 Å². The summed E-state index contributed by atoms with van der Waals surface area (Å²) in [6.07, 6.45) is 0.748. The van der Waals surface area contributed by atoms with Crippen molar-refractivity contribution in [2.75, 3.05) is 26.0 Å². The Balaban J connectivity index is 1.67. The van der Waals surface area contributed by atoms with Crippen LogP contribution in [0.25, 0.3) is 0 Å². The molecule has 1 unspecified atom stereocenters. The Labute approximate surface area is 153 Å². The second-order valence-corrected chi connectivity index (χ2v) is 8.25. The van der Waals surface area contributed by atoms with Crippen molar-refractivity contribution in [3.05, 3.63) is 44.2 Å². The number of carbonyl (C=O) groups excluding carboxylic acids is 1. The van der Waals surface area contributed by atoms with Gasteiger partial charge >= 0.3 is 0 Å². The highest BCUT2D eigenvalue weighted by molar-refractivity contribution is 9.10. The molecule has 2 aliphatic heterocycles. The number of anilines is 1. The summed E-state index contributed by atoms with van der Waals surface area (Å²) in [7, 11) is 3.84. The van der Waals surface area contributed by atoms with E-state index >= 15 is 0 Å². The van der Waals surface area contributed by atoms with Crippen molar-refractivity contribution >= 4 is 38.2 Å². The number of likely N-dealkylation sites (N-methyl/N-ethyl adjacent to an activating group) is 1. The van der Waals surface area contributed by atoms with Crippen LogP contribution in [0.4, 0.5) is 5.00 Å². The largest absolute Gasteiger partial charge is 0.496 e. The number of methoxy groups -OCH3 is 1. The predicted octanol–water partition coefficient (Wildman–Crippen LogP) is 1.94. The van der Waals surface area contributed by atoms with Crippen LogP contribution in [0.5, 0.6) is 5.75 Å². The number of fused-ring (bicyclic) bond motifs is 3. The molecule has 0 saturated heterocycles. The zero-order valence-electron chi connectivity index (χ0n) is 13.5. The molecule has 2 atom stereocenters. The molecule has 0 bridgehead atoms. The van der Waals surface area contributed by atoms with Crippen LogP contribution in [-0.4, -0.2) is 26.6 Å². The third kappa shape index (κ3) is 2.60. The summed E-state index contributed by atoms with van der Waals surface area (Å²) in [5, 5.41) is 7.58. The van der Waals surface area contributed by atoms with Crippen LogP contribution in [0.1, 0.15) is 32.5 Å². The van der Waals surface area contributed by atoms with E-state index in [2.05, 4.69) is 33.6 Å². The molecule has 1 aromatic heterocycles. The summed E-state index contributed by atoms with van der Waals surface area (Å²) in [5.41, 5.74) is 3.09. The average molecular weight is 409 g/mol. The molecule has 7 heteroatoms. The SMILES string of the molecule is COc1ccc([C@@H]2NC(=O)c3c(sc4c3CC[NH+](C)C4)N2)cc1Br. The van der Waals surface area contributed by atoms with Crippen LogP contribution in [0.15, 0.2) is 22.7 Å². The van der Waals surface area contributed by atoms with Gasteiger partial charge in [-0.2, -0.15) is 0 Å². The van der Waals surface area contributed by atoms with Crippen LogP contribution in [0.2, 0.25) is 0 Å². The average Bonchev–Trinajstić information content (AvgIpc) is 2.92. The van der Waals surface area contributed by atoms with Crippen molar-refractivity contribution in [3.63, 3.8) is 0 Å². The quantitative estimate of drug-likeness (QED) is 0.711. The zero-order valence-corrected chi connectivity index (χ0v) is 15.9. The number of nitrogens with one attached hydrogen (secondary N) is 3. The van der Waals surface area contributed by atoms with E-state index in [1.807, 2.05) is 18.2 Å². The number of quaternary nitrogens is 1. The number of carbonyl (C=O) groups is 1. The maximum absolute atomic E-state index is 12.7. The van der Waals surface area contributed by atoms with Crippen LogP contribution in [0.3, 0.4) is 0 Å². The molecule has 3 heterocycles. The second-order valence-electron chi connectivity index (χ2n) is 6.29. The lowest BCUT2D eigenvalue weighted by atomic mass is 10.0. The molecule has 0 aliphatic carbocycles. The number of thiophene rings is 1. The minimum Gasteiger partial charge on any atom is -0.496 e. The fourth-order valence-electron chi connectivity index (χ4n) is 3.36. The van der Waals surface area contributed by atoms with Gasteiger partial charge in [0.15, 0.2) is 0 Å². The number of rotatable bonds is 2. The van der Waals surface area contributed by atoms with Gasteiger partial charge in [0.25, 0.3) is 5.91 Å². The van der Waals surface area contributed by atoms with Crippen molar-refractivity contribution < 1.29 is 14.4 Å². The Morgan fingerprint density at radius 2 is 2.21 bits per heavy atom. The summed E-state index contributed by atoms with van der Waals surface area (Å²) < 4.78 is 6.15. The molecule has 5 nitrogen and oxygen atoms in total. The van der Waals surface area contributed by atoms with E-state index in [0.29, 0.717) is 0 Å². The smallest absolute Gasteiger partial charge is 0.256 e. The van der Waals surface area contributed by atoms with Crippen molar-refractivity contribution in [2.45, 2.75) is 19.1 Å². The van der Waals surface area contributed by atoms with E-state index in [9.17, 15) is 4.79 Å². The number of amides is 1. The molecule has 0 spiro atoms. The number of hydrogen-bond acceptors (Lipinski definition) is 4. The molecule has 3 N–H and O–H groups in total. The van der Waals surface area contributed by atoms with E-state index in [-0.39, 0.29) is 12.1 Å². The molecular formula is C17H19BrN3O2S+. The van der Waals surface area contributed by atoms with Crippen molar-refractivity contribution in [1.82, 2.24) is 5.32 Å². The fourth-order valence-corrected chi connectivity index (χ4v) is 5.31. The van der Waals surface area contributed by atoms with E-state index in [1.54, 1.807) is 18.4 Å². The van der Waals surface area contributed by atoms with Crippen LogP contribution < -0.4 is 20.3 Å². The first-order valence-corrected chi connectivity index (χ1v) is 9.54. The Bertz CT molecular complexity index is 820. The number of benzene rings is 1. The maximum Gasteiger partial charge on any atom is 0.256 e. The standard InChI is InChI=1S/C17H18BrN3O2S/c1-21-6-5-10-13(8-21)24-17-14(10)16(22)19-15(20-17)9-3-4-12(23-2)11(18)7-9/h3-4,7,15,20H,5-6,8H2,1-2H3,(H,19,22)/p+1/t15-/m1/s1. The monoisotopic (exact) mass is 408 g/mol. The Kier molecular flexibility index (Phi) is 4.02. The third-order valence-corrected chi connectivity index (χ3v) is 6.42. The van der Waals surface area contributed by atoms with Gasteiger partial charge in [0.2, 0.25) is 0 Å². The van der Waals surface area contributed by atoms with Gasteiger partial charge in [-0.3, -0.25) is 4.79 Å². The van der Waals surface area contributed by atoms with Crippen LogP contribution in [0, 0.1) is 0 Å². The van der Waals surface area contributed by atoms with E-state index in [1.165, 1.54) is 15.3 Å². The predicted molar refractivity (Wildman–Crippen MR) is 98.0 cm³/mol. The first-order valence-electron chi connectivity index (χ1n) is 7.93. The molecular weight excluding hydrogens is 390 g/mol. The van der Waals surface area contributed by atoms with Gasteiger partial charge < -0.3 is 20.3 Å². The first-order chi connectivity index (χ1) is 11.6. The fraction of sp³-hybridized carbons (Fsp3) is 0.353. The normalized spacial score (nSPS) is 22.2. The minimum atomic E-state index is -0.225. The summed E-state index contributed by atoms with van der Waals surface area (Å²) >= 11 is 5.23. The topological polar surface area (TPSA) is 54.8 Å². The lowest BCUT2D eigenvalue weighted by Crippen LogP contribution is -3.08. The van der Waals surface area contributed by atoms with Gasteiger partial charge in [-0.15, -0.1) is 11.3 Å². The lowest BCUT2D eigenvalue weighted by Gasteiger charge is -2.27. The van der Waals surface area contributed by atoms with E-state index in [4.69, 9.17) is 4.74 Å². The molecule has 2 aromatic rings. The number of hydrogen-bond donors (Lipinski definition) is 3. The van der Waals surface area contributed by atoms with Crippen LogP contribution >= 0.6 is 27.3 Å². The molecule has 24 heavy (non-hydrogen) atoms. The summed E-state index contributed by atoms with van der Waals surface area (Å²) in [6, 6.07) is 5.85. The third-order valence-electron chi connectivity index (χ3n) is 4.64. The molecule has 4 rings (SSSR count). The van der Waals surface area contributed by atoms with Gasteiger partial charge in [-0.1, -0.05) is 6.07 Å². The van der Waals surface area contributed by atoms with Gasteiger partial charge in [-0.25, -0.2) is 0 Å².